The Bertz CT molecular complexity index is 1340. The molecular weight excluding hydrogens is 637 g/mol. The fraction of sp³-hybridized carbons (Fsp3) is 0.590. The predicted octanol–water partition coefficient (Wildman–Crippen LogP) is 7.18. The van der Waals surface area contributed by atoms with Crippen LogP contribution in [0, 0.1) is 5.92 Å². The number of carbonyl (C=O) groups excluding carboxylic acids is 2. The van der Waals surface area contributed by atoms with Crippen molar-refractivity contribution >= 4 is 21.8 Å². The summed E-state index contributed by atoms with van der Waals surface area (Å²) in [5.74, 6) is -0.0422. The van der Waals surface area contributed by atoms with Crippen molar-refractivity contribution in [3.05, 3.63) is 83.3 Å². The molecule has 10 heteroatoms. The van der Waals surface area contributed by atoms with Gasteiger partial charge in [0.25, 0.3) is 0 Å². The van der Waals surface area contributed by atoms with Gasteiger partial charge in [0.05, 0.1) is 29.2 Å². The van der Waals surface area contributed by atoms with Crippen LogP contribution in [0.2, 0.25) is 0 Å². The van der Waals surface area contributed by atoms with Crippen LogP contribution in [0.5, 0.6) is 0 Å². The summed E-state index contributed by atoms with van der Waals surface area (Å²) in [5, 5.41) is 2.76. The smallest absolute Gasteiger partial charge is 0.247 e. The highest BCUT2D eigenvalue weighted by atomic mass is 32.2. The molecule has 2 amide bonds. The zero-order chi connectivity index (χ0) is 37.8. The van der Waals surface area contributed by atoms with Gasteiger partial charge in [0.2, 0.25) is 21.8 Å². The molecule has 2 aliphatic rings. The number of ether oxygens (including phenoxy) is 1. The first-order valence-electron chi connectivity index (χ1n) is 17.8. The summed E-state index contributed by atoms with van der Waals surface area (Å²) in [7, 11) is -3.86. The van der Waals surface area contributed by atoms with Crippen molar-refractivity contribution in [1.82, 2.24) is 14.9 Å². The second kappa shape index (κ2) is 22.6. The molecule has 0 aromatic heterocycles. The van der Waals surface area contributed by atoms with Gasteiger partial charge in [-0.05, 0) is 56.2 Å². The number of carbonyl (C=O) groups is 2. The highest BCUT2D eigenvalue weighted by Gasteiger charge is 2.49. The number of allylic oxidation sites excluding steroid dienone is 4. The summed E-state index contributed by atoms with van der Waals surface area (Å²) in [4.78, 5) is 28.5. The number of benzene rings is 1. The van der Waals surface area contributed by atoms with Gasteiger partial charge in [0.1, 0.15) is 6.04 Å². The Morgan fingerprint density at radius 2 is 1.63 bits per heavy atom. The minimum atomic E-state index is -3.86. The summed E-state index contributed by atoms with van der Waals surface area (Å²) < 4.78 is 35.7. The van der Waals surface area contributed by atoms with E-state index < -0.39 is 33.1 Å². The summed E-state index contributed by atoms with van der Waals surface area (Å²) >= 11 is 0. The minimum Gasteiger partial charge on any atom is -0.374 e. The van der Waals surface area contributed by atoms with E-state index in [2.05, 4.69) is 44.0 Å². The van der Waals surface area contributed by atoms with Crippen molar-refractivity contribution < 1.29 is 22.7 Å². The van der Waals surface area contributed by atoms with Crippen molar-refractivity contribution in [3.8, 4) is 0 Å². The third-order valence-corrected chi connectivity index (χ3v) is 9.22. The molecule has 0 radical (unpaired) electrons. The number of hydrogen-bond acceptors (Lipinski definition) is 6. The van der Waals surface area contributed by atoms with E-state index in [9.17, 15) is 18.0 Å². The summed E-state index contributed by atoms with van der Waals surface area (Å²) in [6.45, 7) is 27.7. The van der Waals surface area contributed by atoms with E-state index in [1.807, 2.05) is 65.0 Å². The average Bonchev–Trinajstić information content (AvgIpc) is 3.27. The lowest BCUT2D eigenvalue weighted by Crippen LogP contribution is -2.58. The van der Waals surface area contributed by atoms with Gasteiger partial charge in [-0.15, -0.1) is 0 Å². The molecule has 1 unspecified atom stereocenters. The Morgan fingerprint density at radius 1 is 1.08 bits per heavy atom. The second-order valence-electron chi connectivity index (χ2n) is 13.0. The molecule has 1 aliphatic carbocycles. The predicted molar refractivity (Wildman–Crippen MR) is 205 cm³/mol. The number of rotatable bonds is 13. The fourth-order valence-corrected chi connectivity index (χ4v) is 7.24. The Kier molecular flexibility index (Phi) is 21.2. The number of nitrogens with zero attached hydrogens (tertiary/aromatic N) is 1. The second-order valence-corrected chi connectivity index (χ2v) is 14.6. The van der Waals surface area contributed by atoms with Crippen LogP contribution in [0.1, 0.15) is 107 Å². The Hall–Kier alpha value is -3.05. The third kappa shape index (κ3) is 14.8. The number of sulfonamides is 1. The maximum atomic E-state index is 14.0. The van der Waals surface area contributed by atoms with Crippen LogP contribution in [0.25, 0.3) is 0 Å². The number of likely N-dealkylation sites (N-methyl/N-ethyl adjacent to an activating group) is 1. The number of amides is 2. The van der Waals surface area contributed by atoms with Gasteiger partial charge in [-0.1, -0.05) is 129 Å². The molecule has 278 valence electrons. The molecule has 1 atom stereocenters. The lowest BCUT2D eigenvalue weighted by atomic mass is 9.76. The Labute approximate surface area is 298 Å². The van der Waals surface area contributed by atoms with Crippen LogP contribution in [-0.4, -0.2) is 61.9 Å². The van der Waals surface area contributed by atoms with Gasteiger partial charge >= 0.3 is 0 Å². The fourth-order valence-electron chi connectivity index (χ4n) is 5.30. The maximum absolute atomic E-state index is 14.0. The normalized spacial score (nSPS) is 16.7. The van der Waals surface area contributed by atoms with Crippen LogP contribution in [0.4, 0.5) is 0 Å². The van der Waals surface area contributed by atoms with Crippen molar-refractivity contribution in [2.75, 3.05) is 19.7 Å². The van der Waals surface area contributed by atoms with Gasteiger partial charge in [-0.3, -0.25) is 9.59 Å². The molecule has 1 aliphatic heterocycles. The zero-order valence-electron chi connectivity index (χ0n) is 32.0. The largest absolute Gasteiger partial charge is 0.374 e. The standard InChI is InChI=1S/C31H44N4O5S.C4H10.2C2H6/c1-6-8-15-23(3)27-25(31(34-41(27,38)39)18-13-10-14-19-31)20-35(7-2)28(36)26(33-29(37)30(4,5)32)22-40-21-24-16-11-9-12-17-24;1-4(2)3;2*1-2/h6,8-9,11-12,15-17,26,34H,1,3,7,10,13-14,18-22,32H2,2,4-5H3,(H,33,37);4H,1-3H3;2*1-2H3/b15-8-;;;. The molecule has 1 heterocycles. The Morgan fingerprint density at radius 3 is 2.12 bits per heavy atom. The van der Waals surface area contributed by atoms with Crippen molar-refractivity contribution in [2.45, 2.75) is 125 Å². The van der Waals surface area contributed by atoms with E-state index in [0.29, 0.717) is 24.0 Å². The van der Waals surface area contributed by atoms with E-state index in [0.717, 1.165) is 30.7 Å². The molecule has 1 saturated carbocycles. The van der Waals surface area contributed by atoms with Crippen LogP contribution < -0.4 is 15.8 Å². The van der Waals surface area contributed by atoms with E-state index in [-0.39, 0.29) is 37.1 Å². The van der Waals surface area contributed by atoms with Crippen LogP contribution in [0.3, 0.4) is 0 Å². The van der Waals surface area contributed by atoms with Gasteiger partial charge in [0, 0.05) is 13.1 Å². The minimum absolute atomic E-state index is 0.0644. The third-order valence-electron chi connectivity index (χ3n) is 7.51. The molecule has 1 aromatic rings. The maximum Gasteiger partial charge on any atom is 0.247 e. The summed E-state index contributed by atoms with van der Waals surface area (Å²) in [6.07, 6.45) is 8.83. The average molecular weight is 703 g/mol. The highest BCUT2D eigenvalue weighted by Crippen LogP contribution is 2.44. The topological polar surface area (TPSA) is 131 Å². The molecule has 49 heavy (non-hydrogen) atoms. The quantitative estimate of drug-likeness (QED) is 0.187. The molecule has 1 fully saturated rings. The first kappa shape index (κ1) is 46.0. The molecule has 1 spiro atoms. The molecule has 0 bridgehead atoms. The monoisotopic (exact) mass is 702 g/mol. The first-order chi connectivity index (χ1) is 23.1. The molecule has 1 aromatic carbocycles. The van der Waals surface area contributed by atoms with Crippen LogP contribution in [0.15, 0.2) is 77.8 Å². The van der Waals surface area contributed by atoms with E-state index in [1.54, 1.807) is 37.0 Å². The van der Waals surface area contributed by atoms with Crippen LogP contribution in [-0.2, 0) is 31.0 Å². The summed E-state index contributed by atoms with van der Waals surface area (Å²) in [5.41, 5.74) is 5.91. The molecule has 9 nitrogen and oxygen atoms in total. The lowest BCUT2D eigenvalue weighted by Gasteiger charge is -2.38. The SMILES string of the molecule is C=C/C=C\C(=C)C1=C(CN(CC)C(=O)C(COCc2ccccc2)NC(=O)C(C)(C)N)C2(CCCCC2)NS1(=O)=O.CC.CC.CC(C)C. The van der Waals surface area contributed by atoms with Crippen molar-refractivity contribution in [2.24, 2.45) is 11.7 Å². The van der Waals surface area contributed by atoms with Crippen LogP contribution >= 0.6 is 0 Å². The van der Waals surface area contributed by atoms with Gasteiger partial charge in [0.15, 0.2) is 0 Å². The molecule has 3 rings (SSSR count). The summed E-state index contributed by atoms with van der Waals surface area (Å²) in [6, 6.07) is 8.50. The lowest BCUT2D eigenvalue weighted by molar-refractivity contribution is -0.139. The van der Waals surface area contributed by atoms with Gasteiger partial charge < -0.3 is 20.7 Å². The van der Waals surface area contributed by atoms with E-state index >= 15 is 0 Å². The number of hydrogen-bond donors (Lipinski definition) is 3. The zero-order valence-corrected chi connectivity index (χ0v) is 32.8. The number of nitrogens with two attached hydrogens (primary N) is 1. The molecule has 4 N–H and O–H groups in total. The van der Waals surface area contributed by atoms with Crippen molar-refractivity contribution in [3.63, 3.8) is 0 Å². The van der Waals surface area contributed by atoms with Gasteiger partial charge in [-0.2, -0.15) is 0 Å². The Balaban J connectivity index is 0.00000263. The number of nitrogens with one attached hydrogen (secondary N) is 2. The van der Waals surface area contributed by atoms with E-state index in [1.165, 1.54) is 0 Å². The van der Waals surface area contributed by atoms with E-state index in [4.69, 9.17) is 10.5 Å². The van der Waals surface area contributed by atoms with Gasteiger partial charge in [-0.25, -0.2) is 13.1 Å². The highest BCUT2D eigenvalue weighted by molar-refractivity contribution is 7.94. The van der Waals surface area contributed by atoms with Crippen molar-refractivity contribution in [1.29, 1.82) is 0 Å². The molecular formula is C39H66N4O5S. The first-order valence-corrected chi connectivity index (χ1v) is 19.3. The molecule has 0 saturated heterocycles.